The summed E-state index contributed by atoms with van der Waals surface area (Å²) in [5, 5.41) is 1.41. The number of anilines is 1. The first-order valence-corrected chi connectivity index (χ1v) is 6.30. The number of nitrogens with one attached hydrogen (secondary N) is 1. The second-order valence-corrected chi connectivity index (χ2v) is 5.03. The van der Waals surface area contributed by atoms with Crippen LogP contribution in [0.15, 0.2) is 40.8 Å². The lowest BCUT2D eigenvalue weighted by Gasteiger charge is -2.05. The minimum absolute atomic E-state index is 0.632. The lowest BCUT2D eigenvalue weighted by atomic mass is 10.3. The van der Waals surface area contributed by atoms with Gasteiger partial charge in [-0.3, -0.25) is 0 Å². The molecule has 18 heavy (non-hydrogen) atoms. The van der Waals surface area contributed by atoms with E-state index in [0.717, 1.165) is 15.4 Å². The predicted molar refractivity (Wildman–Crippen MR) is 71.7 cm³/mol. The second kappa shape index (κ2) is 4.47. The summed E-state index contributed by atoms with van der Waals surface area (Å²) >= 11 is 7.39. The highest BCUT2D eigenvalue weighted by Gasteiger charge is 2.09. The number of fused-ring (bicyclic) bond motifs is 1. The van der Waals surface area contributed by atoms with E-state index in [9.17, 15) is 0 Å². The zero-order chi connectivity index (χ0) is 12.5. The van der Waals surface area contributed by atoms with E-state index in [0.29, 0.717) is 16.4 Å². The molecular weight excluding hydrogens is 270 g/mol. The Morgan fingerprint density at radius 2 is 2.11 bits per heavy atom. The predicted octanol–water partition coefficient (Wildman–Crippen LogP) is 2.74. The van der Waals surface area contributed by atoms with Crippen LogP contribution in [0.4, 0.5) is 5.69 Å². The van der Waals surface area contributed by atoms with Crippen molar-refractivity contribution in [2.45, 2.75) is 9.92 Å². The molecule has 3 rings (SSSR count). The lowest BCUT2D eigenvalue weighted by molar-refractivity contribution is 1.08. The lowest BCUT2D eigenvalue weighted by Crippen LogP contribution is -1.90. The van der Waals surface area contributed by atoms with Gasteiger partial charge in [-0.1, -0.05) is 23.4 Å². The van der Waals surface area contributed by atoms with Crippen molar-refractivity contribution in [3.8, 4) is 0 Å². The first-order chi connectivity index (χ1) is 8.74. The third-order valence-electron chi connectivity index (χ3n) is 2.37. The van der Waals surface area contributed by atoms with Crippen molar-refractivity contribution in [3.63, 3.8) is 0 Å². The van der Waals surface area contributed by atoms with E-state index in [1.807, 2.05) is 6.07 Å². The van der Waals surface area contributed by atoms with Crippen LogP contribution in [0.2, 0.25) is 5.02 Å². The van der Waals surface area contributed by atoms with Crippen molar-refractivity contribution in [2.24, 2.45) is 0 Å². The molecule has 0 saturated heterocycles. The number of hydrogen-bond donors (Lipinski definition) is 2. The molecule has 0 atom stereocenters. The fourth-order valence-electron chi connectivity index (χ4n) is 1.52. The molecule has 0 radical (unpaired) electrons. The first kappa shape index (κ1) is 11.3. The average Bonchev–Trinajstić information content (AvgIpc) is 2.83. The standard InChI is InChI=1S/C11H8ClN5S/c12-6-1-2-7(13)8(3-6)18-11-9-10(15-4-14-9)16-5-17-11/h1-5H,13H2,(H,14,15,16,17). The molecule has 0 aliphatic rings. The van der Waals surface area contributed by atoms with E-state index in [-0.39, 0.29) is 0 Å². The van der Waals surface area contributed by atoms with Gasteiger partial charge in [0.05, 0.1) is 6.33 Å². The first-order valence-electron chi connectivity index (χ1n) is 5.11. The summed E-state index contributed by atoms with van der Waals surface area (Å²) in [6.07, 6.45) is 3.07. The fraction of sp³-hybridized carbons (Fsp3) is 0. The maximum absolute atomic E-state index is 5.96. The Bertz CT molecular complexity index is 711. The van der Waals surface area contributed by atoms with Gasteiger partial charge in [-0.05, 0) is 18.2 Å². The van der Waals surface area contributed by atoms with Crippen LogP contribution in [0, 0.1) is 0 Å². The summed E-state index contributed by atoms with van der Waals surface area (Å²) in [5.74, 6) is 0. The Balaban J connectivity index is 2.06. The van der Waals surface area contributed by atoms with Gasteiger partial charge in [0.2, 0.25) is 0 Å². The number of H-pyrrole nitrogens is 1. The van der Waals surface area contributed by atoms with Gasteiger partial charge in [-0.25, -0.2) is 15.0 Å². The van der Waals surface area contributed by atoms with Crippen LogP contribution in [-0.2, 0) is 0 Å². The molecule has 0 fully saturated rings. The van der Waals surface area contributed by atoms with Gasteiger partial charge in [0.15, 0.2) is 5.65 Å². The molecule has 0 aliphatic heterocycles. The van der Waals surface area contributed by atoms with E-state index in [2.05, 4.69) is 19.9 Å². The zero-order valence-electron chi connectivity index (χ0n) is 9.09. The number of nitrogens with zero attached hydrogens (tertiary/aromatic N) is 3. The van der Waals surface area contributed by atoms with Gasteiger partial charge in [0.25, 0.3) is 0 Å². The van der Waals surface area contributed by atoms with E-state index in [4.69, 9.17) is 17.3 Å². The Morgan fingerprint density at radius 1 is 1.22 bits per heavy atom. The van der Waals surface area contributed by atoms with E-state index < -0.39 is 0 Å². The minimum Gasteiger partial charge on any atom is -0.398 e. The van der Waals surface area contributed by atoms with Gasteiger partial charge in [0.1, 0.15) is 16.9 Å². The Hall–Kier alpha value is -1.79. The monoisotopic (exact) mass is 277 g/mol. The number of rotatable bonds is 2. The summed E-state index contributed by atoms with van der Waals surface area (Å²) in [4.78, 5) is 16.2. The molecule has 0 bridgehead atoms. The molecule has 0 spiro atoms. The zero-order valence-corrected chi connectivity index (χ0v) is 10.7. The molecule has 0 saturated carbocycles. The smallest absolute Gasteiger partial charge is 0.181 e. The van der Waals surface area contributed by atoms with Crippen molar-refractivity contribution >= 4 is 40.2 Å². The quantitative estimate of drug-likeness (QED) is 0.556. The van der Waals surface area contributed by atoms with Crippen molar-refractivity contribution in [1.82, 2.24) is 19.9 Å². The number of nitrogen functional groups attached to an aromatic ring is 1. The highest BCUT2D eigenvalue weighted by molar-refractivity contribution is 7.99. The van der Waals surface area contributed by atoms with Crippen LogP contribution in [0.25, 0.3) is 11.2 Å². The molecule has 0 amide bonds. The van der Waals surface area contributed by atoms with Gasteiger partial charge in [-0.2, -0.15) is 0 Å². The van der Waals surface area contributed by atoms with Crippen molar-refractivity contribution in [3.05, 3.63) is 35.9 Å². The Morgan fingerprint density at radius 3 is 3.00 bits per heavy atom. The van der Waals surface area contributed by atoms with Crippen LogP contribution in [-0.4, -0.2) is 19.9 Å². The third-order valence-corrected chi connectivity index (χ3v) is 3.68. The minimum atomic E-state index is 0.632. The van der Waals surface area contributed by atoms with E-state index in [1.54, 1.807) is 18.5 Å². The molecular formula is C11H8ClN5S. The third kappa shape index (κ3) is 2.00. The van der Waals surface area contributed by atoms with Gasteiger partial charge < -0.3 is 10.7 Å². The highest BCUT2D eigenvalue weighted by atomic mass is 35.5. The van der Waals surface area contributed by atoms with Crippen molar-refractivity contribution in [2.75, 3.05) is 5.73 Å². The summed E-state index contributed by atoms with van der Waals surface area (Å²) in [6.45, 7) is 0. The normalized spacial score (nSPS) is 10.9. The largest absolute Gasteiger partial charge is 0.398 e. The summed E-state index contributed by atoms with van der Waals surface area (Å²) in [5.41, 5.74) is 8.00. The number of aromatic amines is 1. The molecule has 2 heterocycles. The number of benzene rings is 1. The number of hydrogen-bond acceptors (Lipinski definition) is 5. The maximum Gasteiger partial charge on any atom is 0.181 e. The topological polar surface area (TPSA) is 80.5 Å². The molecule has 90 valence electrons. The van der Waals surface area contributed by atoms with Crippen molar-refractivity contribution in [1.29, 1.82) is 0 Å². The van der Waals surface area contributed by atoms with Gasteiger partial charge in [0, 0.05) is 15.6 Å². The van der Waals surface area contributed by atoms with E-state index in [1.165, 1.54) is 18.1 Å². The number of halogens is 1. The fourth-order valence-corrected chi connectivity index (χ4v) is 2.69. The van der Waals surface area contributed by atoms with E-state index >= 15 is 0 Å². The summed E-state index contributed by atoms with van der Waals surface area (Å²) in [6, 6.07) is 5.34. The molecule has 2 aromatic heterocycles. The summed E-state index contributed by atoms with van der Waals surface area (Å²) < 4.78 is 0. The molecule has 1 aromatic carbocycles. The van der Waals surface area contributed by atoms with Gasteiger partial charge in [-0.15, -0.1) is 0 Å². The Labute approximate surface area is 112 Å². The van der Waals surface area contributed by atoms with Gasteiger partial charge >= 0.3 is 0 Å². The summed E-state index contributed by atoms with van der Waals surface area (Å²) in [7, 11) is 0. The molecule has 5 nitrogen and oxygen atoms in total. The molecule has 0 unspecified atom stereocenters. The highest BCUT2D eigenvalue weighted by Crippen LogP contribution is 2.34. The number of aromatic nitrogens is 4. The van der Waals surface area contributed by atoms with Crippen LogP contribution in [0.5, 0.6) is 0 Å². The molecule has 3 aromatic rings. The molecule has 7 heteroatoms. The molecule has 0 aliphatic carbocycles. The Kier molecular flexibility index (Phi) is 2.81. The van der Waals surface area contributed by atoms with Crippen LogP contribution < -0.4 is 5.73 Å². The van der Waals surface area contributed by atoms with Crippen molar-refractivity contribution < 1.29 is 0 Å². The SMILES string of the molecule is Nc1ccc(Cl)cc1Sc1ncnc2nc[nH]c12. The maximum atomic E-state index is 5.96. The van der Waals surface area contributed by atoms with Crippen LogP contribution in [0.3, 0.4) is 0 Å². The second-order valence-electron chi connectivity index (χ2n) is 3.56. The van der Waals surface area contributed by atoms with Crippen LogP contribution in [0.1, 0.15) is 0 Å². The average molecular weight is 278 g/mol. The number of imidazole rings is 1. The van der Waals surface area contributed by atoms with Crippen LogP contribution >= 0.6 is 23.4 Å². The number of nitrogens with two attached hydrogens (primary N) is 1. The molecule has 3 N–H and O–H groups in total.